The van der Waals surface area contributed by atoms with Crippen molar-refractivity contribution in [2.75, 3.05) is 26.2 Å². The summed E-state index contributed by atoms with van der Waals surface area (Å²) in [5, 5.41) is 6.64. The van der Waals surface area contributed by atoms with Gasteiger partial charge in [-0.2, -0.15) is 0 Å². The zero-order chi connectivity index (χ0) is 9.23. The summed E-state index contributed by atoms with van der Waals surface area (Å²) < 4.78 is 0. The van der Waals surface area contributed by atoms with Crippen molar-refractivity contribution in [2.24, 2.45) is 5.92 Å². The Kier molecular flexibility index (Phi) is 8.51. The van der Waals surface area contributed by atoms with Crippen LogP contribution in [0.3, 0.4) is 0 Å². The summed E-state index contributed by atoms with van der Waals surface area (Å²) in [5.41, 5.74) is 0. The Morgan fingerprint density at radius 2 is 2.00 bits per heavy atom. The largest absolute Gasteiger partial charge is 0.315 e. The van der Waals surface area contributed by atoms with E-state index in [1.807, 2.05) is 6.08 Å². The fourth-order valence-electron chi connectivity index (χ4n) is 0.874. The molecule has 0 radical (unpaired) electrons. The molecule has 2 heteroatoms. The van der Waals surface area contributed by atoms with Crippen molar-refractivity contribution in [3.63, 3.8) is 0 Å². The molecule has 0 aromatic heterocycles. The third-order valence-electron chi connectivity index (χ3n) is 1.96. The Labute approximate surface area is 76.4 Å². The summed E-state index contributed by atoms with van der Waals surface area (Å²) in [5.74, 6) is 0.796. The highest BCUT2D eigenvalue weighted by molar-refractivity contribution is 4.69. The van der Waals surface area contributed by atoms with E-state index < -0.39 is 0 Å². The first-order valence-electron chi connectivity index (χ1n) is 4.83. The zero-order valence-corrected chi connectivity index (χ0v) is 8.40. The predicted octanol–water partition coefficient (Wildman–Crippen LogP) is 1.40. The molecule has 0 aliphatic rings. The normalized spacial score (nSPS) is 12.8. The van der Waals surface area contributed by atoms with Crippen molar-refractivity contribution in [2.45, 2.75) is 20.3 Å². The van der Waals surface area contributed by atoms with Crippen LogP contribution >= 0.6 is 0 Å². The van der Waals surface area contributed by atoms with Gasteiger partial charge in [0.25, 0.3) is 0 Å². The molecule has 0 rings (SSSR count). The number of nitrogens with one attached hydrogen (secondary N) is 2. The second-order valence-electron chi connectivity index (χ2n) is 3.21. The molecule has 1 atom stereocenters. The van der Waals surface area contributed by atoms with Crippen LogP contribution in [0.25, 0.3) is 0 Å². The standard InChI is InChI=1S/C10H22N2/c1-4-6-11-7-8-12-9-10(3)5-2/h4,10-12H,1,5-9H2,2-3H3. The van der Waals surface area contributed by atoms with Crippen LogP contribution in [-0.2, 0) is 0 Å². The molecule has 2 nitrogen and oxygen atoms in total. The lowest BCUT2D eigenvalue weighted by Crippen LogP contribution is -2.30. The van der Waals surface area contributed by atoms with Crippen LogP contribution in [0.5, 0.6) is 0 Å². The molecule has 0 bridgehead atoms. The highest BCUT2D eigenvalue weighted by Gasteiger charge is 1.95. The van der Waals surface area contributed by atoms with Crippen molar-refractivity contribution in [1.29, 1.82) is 0 Å². The minimum Gasteiger partial charge on any atom is -0.315 e. The van der Waals surface area contributed by atoms with E-state index in [0.717, 1.165) is 32.1 Å². The fraction of sp³-hybridized carbons (Fsp3) is 0.800. The zero-order valence-electron chi connectivity index (χ0n) is 8.40. The minimum absolute atomic E-state index is 0.796. The van der Waals surface area contributed by atoms with Crippen LogP contribution in [0.4, 0.5) is 0 Å². The molecule has 0 aromatic rings. The molecule has 2 N–H and O–H groups in total. The Hall–Kier alpha value is -0.340. The molecule has 0 aliphatic carbocycles. The number of hydrogen-bond acceptors (Lipinski definition) is 2. The van der Waals surface area contributed by atoms with Gasteiger partial charge in [0.2, 0.25) is 0 Å². The summed E-state index contributed by atoms with van der Waals surface area (Å²) in [7, 11) is 0. The molecule has 0 fully saturated rings. The van der Waals surface area contributed by atoms with Gasteiger partial charge in [-0.3, -0.25) is 0 Å². The van der Waals surface area contributed by atoms with Gasteiger partial charge in [0.05, 0.1) is 0 Å². The molecule has 1 unspecified atom stereocenters. The number of hydrogen-bond donors (Lipinski definition) is 2. The molecule has 0 heterocycles. The first-order chi connectivity index (χ1) is 5.81. The molecule has 0 amide bonds. The van der Waals surface area contributed by atoms with Gasteiger partial charge in [-0.05, 0) is 12.5 Å². The second kappa shape index (κ2) is 8.75. The minimum atomic E-state index is 0.796. The van der Waals surface area contributed by atoms with Gasteiger partial charge in [0, 0.05) is 19.6 Å². The van der Waals surface area contributed by atoms with Crippen molar-refractivity contribution >= 4 is 0 Å². The monoisotopic (exact) mass is 170 g/mol. The topological polar surface area (TPSA) is 24.1 Å². The third-order valence-corrected chi connectivity index (χ3v) is 1.96. The van der Waals surface area contributed by atoms with Crippen molar-refractivity contribution in [1.82, 2.24) is 10.6 Å². The maximum atomic E-state index is 3.64. The van der Waals surface area contributed by atoms with Gasteiger partial charge in [0.1, 0.15) is 0 Å². The molecule has 0 spiro atoms. The molecule has 12 heavy (non-hydrogen) atoms. The smallest absolute Gasteiger partial charge is 0.0132 e. The van der Waals surface area contributed by atoms with Crippen molar-refractivity contribution in [3.05, 3.63) is 12.7 Å². The summed E-state index contributed by atoms with van der Waals surface area (Å²) >= 11 is 0. The quantitative estimate of drug-likeness (QED) is 0.425. The Balaban J connectivity index is 2.95. The SMILES string of the molecule is C=CCNCCNCC(C)CC. The average molecular weight is 170 g/mol. The maximum Gasteiger partial charge on any atom is 0.0132 e. The molecule has 72 valence electrons. The highest BCUT2D eigenvalue weighted by atomic mass is 14.9. The molecule has 0 aliphatic heterocycles. The van der Waals surface area contributed by atoms with Crippen LogP contribution in [0.1, 0.15) is 20.3 Å². The Morgan fingerprint density at radius 1 is 1.33 bits per heavy atom. The predicted molar refractivity (Wildman–Crippen MR) is 55.4 cm³/mol. The van der Waals surface area contributed by atoms with Gasteiger partial charge in [0.15, 0.2) is 0 Å². The van der Waals surface area contributed by atoms with Crippen LogP contribution < -0.4 is 10.6 Å². The van der Waals surface area contributed by atoms with E-state index in [9.17, 15) is 0 Å². The number of rotatable bonds is 8. The average Bonchev–Trinajstić information content (AvgIpc) is 2.10. The van der Waals surface area contributed by atoms with Crippen LogP contribution in [0, 0.1) is 5.92 Å². The van der Waals surface area contributed by atoms with E-state index in [0.29, 0.717) is 0 Å². The van der Waals surface area contributed by atoms with Gasteiger partial charge < -0.3 is 10.6 Å². The second-order valence-corrected chi connectivity index (χ2v) is 3.21. The molecule has 0 saturated carbocycles. The first-order valence-corrected chi connectivity index (χ1v) is 4.83. The van der Waals surface area contributed by atoms with E-state index in [-0.39, 0.29) is 0 Å². The van der Waals surface area contributed by atoms with E-state index >= 15 is 0 Å². The summed E-state index contributed by atoms with van der Waals surface area (Å²) in [6.07, 6.45) is 3.14. The van der Waals surface area contributed by atoms with Crippen molar-refractivity contribution < 1.29 is 0 Å². The van der Waals surface area contributed by atoms with Crippen molar-refractivity contribution in [3.8, 4) is 0 Å². The highest BCUT2D eigenvalue weighted by Crippen LogP contribution is 1.96. The van der Waals surface area contributed by atoms with Gasteiger partial charge >= 0.3 is 0 Å². The van der Waals surface area contributed by atoms with E-state index in [1.165, 1.54) is 6.42 Å². The van der Waals surface area contributed by atoms with E-state index in [2.05, 4.69) is 31.1 Å². The lowest BCUT2D eigenvalue weighted by atomic mass is 10.1. The van der Waals surface area contributed by atoms with Gasteiger partial charge in [-0.15, -0.1) is 6.58 Å². The summed E-state index contributed by atoms with van der Waals surface area (Å²) in [6.45, 7) is 12.3. The van der Waals surface area contributed by atoms with E-state index in [4.69, 9.17) is 0 Å². The Morgan fingerprint density at radius 3 is 2.58 bits per heavy atom. The van der Waals surface area contributed by atoms with Gasteiger partial charge in [-0.25, -0.2) is 0 Å². The van der Waals surface area contributed by atoms with Crippen LogP contribution in [0.2, 0.25) is 0 Å². The van der Waals surface area contributed by atoms with Gasteiger partial charge in [-0.1, -0.05) is 26.3 Å². The Bertz CT molecular complexity index is 102. The summed E-state index contributed by atoms with van der Waals surface area (Å²) in [6, 6.07) is 0. The molecular formula is C10H22N2. The first kappa shape index (κ1) is 11.7. The van der Waals surface area contributed by atoms with Crippen LogP contribution in [0.15, 0.2) is 12.7 Å². The van der Waals surface area contributed by atoms with Crippen LogP contribution in [-0.4, -0.2) is 26.2 Å². The third kappa shape index (κ3) is 7.76. The molecule has 0 saturated heterocycles. The molecule has 0 aromatic carbocycles. The maximum absolute atomic E-state index is 3.64. The lowest BCUT2D eigenvalue weighted by Gasteiger charge is -2.09. The van der Waals surface area contributed by atoms with E-state index in [1.54, 1.807) is 0 Å². The molecular weight excluding hydrogens is 148 g/mol. The summed E-state index contributed by atoms with van der Waals surface area (Å²) in [4.78, 5) is 0. The fourth-order valence-corrected chi connectivity index (χ4v) is 0.874. The lowest BCUT2D eigenvalue weighted by molar-refractivity contribution is 0.496.